The Kier molecular flexibility index (Phi) is 4.70. The highest BCUT2D eigenvalue weighted by Gasteiger charge is 2.18. The molecule has 0 atom stereocenters. The van der Waals surface area contributed by atoms with Crippen LogP contribution in [0.5, 0.6) is 0 Å². The van der Waals surface area contributed by atoms with E-state index in [1.165, 1.54) is 6.07 Å². The van der Waals surface area contributed by atoms with Gasteiger partial charge in [0.05, 0.1) is 4.90 Å². The molecule has 0 bridgehead atoms. The van der Waals surface area contributed by atoms with Gasteiger partial charge < -0.3 is 5.73 Å². The van der Waals surface area contributed by atoms with Gasteiger partial charge in [-0.2, -0.15) is 0 Å². The number of hydrogen-bond donors (Lipinski definition) is 2. The lowest BCUT2D eigenvalue weighted by atomic mass is 10.2. The fourth-order valence-electron chi connectivity index (χ4n) is 1.92. The molecular weight excluding hydrogens is 352 g/mol. The van der Waals surface area contributed by atoms with Crippen molar-refractivity contribution in [1.82, 2.24) is 4.72 Å². The second-order valence-corrected chi connectivity index (χ2v) is 7.54. The van der Waals surface area contributed by atoms with Crippen molar-refractivity contribution >= 4 is 31.6 Å². The van der Waals surface area contributed by atoms with Crippen molar-refractivity contribution in [3.63, 3.8) is 0 Å². The maximum atomic E-state index is 12.4. The van der Waals surface area contributed by atoms with Gasteiger partial charge in [-0.25, -0.2) is 13.1 Å². The van der Waals surface area contributed by atoms with E-state index in [1.807, 2.05) is 31.2 Å². The number of hydrogen-bond acceptors (Lipinski definition) is 3. The highest BCUT2D eigenvalue weighted by Crippen LogP contribution is 2.26. The Balaban J connectivity index is 2.22. The van der Waals surface area contributed by atoms with Crippen LogP contribution in [-0.2, 0) is 16.6 Å². The molecule has 3 N–H and O–H groups in total. The summed E-state index contributed by atoms with van der Waals surface area (Å²) in [7, 11) is -3.59. The third-order valence-corrected chi connectivity index (χ3v) is 5.40. The number of sulfonamides is 1. The van der Waals surface area contributed by atoms with Crippen LogP contribution in [0.4, 0.5) is 5.69 Å². The van der Waals surface area contributed by atoms with Crippen LogP contribution >= 0.6 is 15.9 Å². The number of rotatable bonds is 4. The molecule has 0 amide bonds. The average molecular weight is 369 g/mol. The molecular formula is C15H17BrN2O2S. The van der Waals surface area contributed by atoms with Crippen LogP contribution in [0.3, 0.4) is 0 Å². The van der Waals surface area contributed by atoms with Crippen molar-refractivity contribution in [1.29, 1.82) is 0 Å². The molecule has 21 heavy (non-hydrogen) atoms. The molecule has 0 aliphatic rings. The van der Waals surface area contributed by atoms with E-state index in [0.717, 1.165) is 11.1 Å². The van der Waals surface area contributed by atoms with Crippen molar-refractivity contribution in [3.8, 4) is 0 Å². The Hall–Kier alpha value is -1.37. The van der Waals surface area contributed by atoms with Gasteiger partial charge >= 0.3 is 0 Å². The van der Waals surface area contributed by atoms with Crippen molar-refractivity contribution in [3.05, 3.63) is 57.6 Å². The Morgan fingerprint density at radius 3 is 2.38 bits per heavy atom. The maximum absolute atomic E-state index is 12.4. The first-order valence-electron chi connectivity index (χ1n) is 6.40. The molecule has 0 aliphatic carbocycles. The highest BCUT2D eigenvalue weighted by molar-refractivity contribution is 9.10. The molecule has 0 saturated carbocycles. The normalized spacial score (nSPS) is 11.6. The zero-order chi connectivity index (χ0) is 15.6. The second kappa shape index (κ2) is 6.17. The van der Waals surface area contributed by atoms with Gasteiger partial charge in [0.25, 0.3) is 0 Å². The quantitative estimate of drug-likeness (QED) is 0.814. The number of anilines is 1. The first-order chi connectivity index (χ1) is 9.79. The lowest BCUT2D eigenvalue weighted by molar-refractivity contribution is 0.580. The average Bonchev–Trinajstić information content (AvgIpc) is 2.42. The van der Waals surface area contributed by atoms with Gasteiger partial charge in [0, 0.05) is 16.7 Å². The number of aryl methyl sites for hydroxylation is 2. The summed E-state index contributed by atoms with van der Waals surface area (Å²) in [6.07, 6.45) is 0. The summed E-state index contributed by atoms with van der Waals surface area (Å²) in [6.45, 7) is 3.98. The molecule has 0 aliphatic heterocycles. The molecule has 0 unspecified atom stereocenters. The van der Waals surface area contributed by atoms with E-state index in [2.05, 4.69) is 20.7 Å². The molecule has 112 valence electrons. The minimum Gasteiger partial charge on any atom is -0.398 e. The molecule has 0 heterocycles. The minimum atomic E-state index is -3.59. The Labute approximate surface area is 133 Å². The van der Waals surface area contributed by atoms with Crippen molar-refractivity contribution in [2.24, 2.45) is 0 Å². The van der Waals surface area contributed by atoms with Crippen molar-refractivity contribution < 1.29 is 8.42 Å². The summed E-state index contributed by atoms with van der Waals surface area (Å²) in [5.74, 6) is 0. The molecule has 4 nitrogen and oxygen atoms in total. The van der Waals surface area contributed by atoms with Crippen LogP contribution < -0.4 is 10.5 Å². The smallest absolute Gasteiger partial charge is 0.241 e. The topological polar surface area (TPSA) is 72.2 Å². The number of halogens is 1. The standard InChI is InChI=1S/C15H17BrN2O2S/c1-10-3-5-12(6-4-10)9-18-21(19,20)15-8-14(17)13(16)7-11(15)2/h3-8,18H,9,17H2,1-2H3. The highest BCUT2D eigenvalue weighted by atomic mass is 79.9. The third kappa shape index (κ3) is 3.84. The van der Waals surface area contributed by atoms with Gasteiger partial charge in [0.1, 0.15) is 0 Å². The molecule has 2 aromatic carbocycles. The number of nitrogens with two attached hydrogens (primary N) is 1. The van der Waals surface area contributed by atoms with Crippen LogP contribution in [0, 0.1) is 13.8 Å². The Morgan fingerprint density at radius 1 is 1.14 bits per heavy atom. The van der Waals surface area contributed by atoms with Gasteiger partial charge in [-0.15, -0.1) is 0 Å². The first-order valence-corrected chi connectivity index (χ1v) is 8.68. The third-order valence-electron chi connectivity index (χ3n) is 3.17. The van der Waals surface area contributed by atoms with Crippen LogP contribution in [0.1, 0.15) is 16.7 Å². The maximum Gasteiger partial charge on any atom is 0.241 e. The summed E-state index contributed by atoms with van der Waals surface area (Å²) < 4.78 is 28.0. The zero-order valence-corrected chi connectivity index (χ0v) is 14.3. The lowest BCUT2D eigenvalue weighted by Crippen LogP contribution is -2.24. The lowest BCUT2D eigenvalue weighted by Gasteiger charge is -2.11. The summed E-state index contributed by atoms with van der Waals surface area (Å²) in [6, 6.07) is 10.9. The van der Waals surface area contributed by atoms with Gasteiger partial charge in [-0.1, -0.05) is 29.8 Å². The van der Waals surface area contributed by atoms with E-state index >= 15 is 0 Å². The molecule has 2 aromatic rings. The van der Waals surface area contributed by atoms with Crippen molar-refractivity contribution in [2.75, 3.05) is 5.73 Å². The van der Waals surface area contributed by atoms with E-state index in [1.54, 1.807) is 13.0 Å². The summed E-state index contributed by atoms with van der Waals surface area (Å²) in [5.41, 5.74) is 8.86. The molecule has 0 radical (unpaired) electrons. The molecule has 6 heteroatoms. The number of nitrogens with one attached hydrogen (secondary N) is 1. The van der Waals surface area contributed by atoms with Crippen molar-refractivity contribution in [2.45, 2.75) is 25.3 Å². The van der Waals surface area contributed by atoms with E-state index in [4.69, 9.17) is 5.73 Å². The summed E-state index contributed by atoms with van der Waals surface area (Å²) in [4.78, 5) is 0.204. The fraction of sp³-hybridized carbons (Fsp3) is 0.200. The predicted molar refractivity (Wildman–Crippen MR) is 88.5 cm³/mol. The van der Waals surface area contributed by atoms with E-state index < -0.39 is 10.0 Å². The van der Waals surface area contributed by atoms with Crippen LogP contribution in [-0.4, -0.2) is 8.42 Å². The van der Waals surface area contributed by atoms with Gasteiger partial charge in [0.2, 0.25) is 10.0 Å². The fourth-order valence-corrected chi connectivity index (χ4v) is 3.66. The van der Waals surface area contributed by atoms with Gasteiger partial charge in [-0.05, 0) is 53.0 Å². The minimum absolute atomic E-state index is 0.204. The second-order valence-electron chi connectivity index (χ2n) is 4.95. The predicted octanol–water partition coefficient (Wildman–Crippen LogP) is 3.13. The Bertz CT molecular complexity index is 756. The van der Waals surface area contributed by atoms with Crippen LogP contribution in [0.15, 0.2) is 45.8 Å². The molecule has 0 spiro atoms. The monoisotopic (exact) mass is 368 g/mol. The van der Waals surface area contributed by atoms with E-state index in [9.17, 15) is 8.42 Å². The Morgan fingerprint density at radius 2 is 1.76 bits per heavy atom. The number of nitrogen functional groups attached to an aromatic ring is 1. The van der Waals surface area contributed by atoms with Gasteiger partial charge in [0.15, 0.2) is 0 Å². The number of benzene rings is 2. The van der Waals surface area contributed by atoms with Gasteiger partial charge in [-0.3, -0.25) is 0 Å². The van der Waals surface area contributed by atoms with Crippen LogP contribution in [0.2, 0.25) is 0 Å². The molecule has 0 aromatic heterocycles. The van der Waals surface area contributed by atoms with Crippen LogP contribution in [0.25, 0.3) is 0 Å². The molecule has 2 rings (SSSR count). The molecule has 0 fully saturated rings. The first kappa shape index (κ1) is 16.0. The SMILES string of the molecule is Cc1ccc(CNS(=O)(=O)c2cc(N)c(Br)cc2C)cc1. The summed E-state index contributed by atoms with van der Waals surface area (Å²) >= 11 is 3.29. The molecule has 0 saturated heterocycles. The van der Waals surface area contributed by atoms with E-state index in [0.29, 0.717) is 15.7 Å². The summed E-state index contributed by atoms with van der Waals surface area (Å²) in [5, 5.41) is 0. The van der Waals surface area contributed by atoms with E-state index in [-0.39, 0.29) is 11.4 Å². The largest absolute Gasteiger partial charge is 0.398 e. The zero-order valence-electron chi connectivity index (χ0n) is 11.9.